The first-order chi connectivity index (χ1) is 15.2. The molecule has 3 aromatic heterocycles. The van der Waals surface area contributed by atoms with Crippen molar-refractivity contribution in [3.8, 4) is 5.75 Å². The number of rotatable bonds is 1. The minimum atomic E-state index is 0. The number of benzene rings is 1. The summed E-state index contributed by atoms with van der Waals surface area (Å²) < 4.78 is 0. The number of phenolic OH excluding ortho intramolecular Hbond substituents is 1. The van der Waals surface area contributed by atoms with Gasteiger partial charge in [-0.25, -0.2) is 9.97 Å². The molecule has 2 aliphatic rings. The average molecular weight is 475 g/mol. The van der Waals surface area contributed by atoms with Crippen LogP contribution in [-0.2, 0) is 0 Å². The number of hydrogen-bond acceptors (Lipinski definition) is 3. The fourth-order valence-electron chi connectivity index (χ4n) is 3.89. The maximum absolute atomic E-state index is 9.68. The Bertz CT molecular complexity index is 1550. The Morgan fingerprint density at radius 3 is 1.67 bits per heavy atom. The van der Waals surface area contributed by atoms with E-state index in [0.29, 0.717) is 0 Å². The molecular formula is C26H20Cl2N4O. The van der Waals surface area contributed by atoms with Crippen molar-refractivity contribution in [3.63, 3.8) is 0 Å². The predicted molar refractivity (Wildman–Crippen MR) is 140 cm³/mol. The van der Waals surface area contributed by atoms with Crippen LogP contribution in [0.1, 0.15) is 28.3 Å². The molecule has 4 aromatic rings. The molecule has 1 aromatic carbocycles. The van der Waals surface area contributed by atoms with E-state index in [1.807, 2.05) is 72.8 Å². The molecule has 5 nitrogen and oxygen atoms in total. The minimum Gasteiger partial charge on any atom is -0.508 e. The van der Waals surface area contributed by atoms with Crippen LogP contribution in [0, 0.1) is 0 Å². The first-order valence-corrected chi connectivity index (χ1v) is 10.1. The number of fused-ring (bicyclic) bond motifs is 8. The van der Waals surface area contributed by atoms with E-state index in [2.05, 4.69) is 21.0 Å². The van der Waals surface area contributed by atoms with Crippen molar-refractivity contribution in [2.24, 2.45) is 0 Å². The van der Waals surface area contributed by atoms with Crippen molar-refractivity contribution >= 4 is 70.7 Å². The smallest absolute Gasteiger partial charge is 0.115 e. The highest BCUT2D eigenvalue weighted by Gasteiger charge is 2.13. The van der Waals surface area contributed by atoms with E-state index >= 15 is 0 Å². The molecule has 0 radical (unpaired) electrons. The number of H-pyrrole nitrogens is 2. The molecule has 164 valence electrons. The second kappa shape index (κ2) is 8.98. The highest BCUT2D eigenvalue weighted by atomic mass is 35.5. The first-order valence-electron chi connectivity index (χ1n) is 10.1. The third-order valence-corrected chi connectivity index (χ3v) is 5.34. The van der Waals surface area contributed by atoms with Gasteiger partial charge in [0.2, 0.25) is 0 Å². The number of aromatic nitrogens is 4. The van der Waals surface area contributed by atoms with Crippen LogP contribution in [0.25, 0.3) is 45.9 Å². The van der Waals surface area contributed by atoms with Gasteiger partial charge in [-0.05, 0) is 84.5 Å². The number of nitrogens with zero attached hydrogens (tertiary/aromatic N) is 2. The lowest BCUT2D eigenvalue weighted by Gasteiger charge is -2.02. The number of hydrogen-bond donors (Lipinski definition) is 3. The molecule has 0 aliphatic carbocycles. The molecule has 0 saturated heterocycles. The van der Waals surface area contributed by atoms with Crippen molar-refractivity contribution in [1.29, 1.82) is 0 Å². The van der Waals surface area contributed by atoms with E-state index in [1.165, 1.54) is 0 Å². The molecule has 0 saturated carbocycles. The number of halogens is 2. The summed E-state index contributed by atoms with van der Waals surface area (Å²) in [6, 6.07) is 23.5. The van der Waals surface area contributed by atoms with Gasteiger partial charge in [0.1, 0.15) is 5.75 Å². The molecule has 33 heavy (non-hydrogen) atoms. The zero-order valence-corrected chi connectivity index (χ0v) is 19.0. The van der Waals surface area contributed by atoms with Gasteiger partial charge in [-0.15, -0.1) is 24.8 Å². The quantitative estimate of drug-likeness (QED) is 0.250. The summed E-state index contributed by atoms with van der Waals surface area (Å²) in [5, 5.41) is 9.68. The molecule has 6 rings (SSSR count). The number of nitrogens with one attached hydrogen (secondary N) is 2. The predicted octanol–water partition coefficient (Wildman–Crippen LogP) is 6.62. The Kier molecular flexibility index (Phi) is 6.09. The molecule has 3 N–H and O–H groups in total. The molecule has 0 unspecified atom stereocenters. The third-order valence-electron chi connectivity index (χ3n) is 5.34. The average Bonchev–Trinajstić information content (AvgIpc) is 3.54. The monoisotopic (exact) mass is 474 g/mol. The van der Waals surface area contributed by atoms with Crippen molar-refractivity contribution in [1.82, 2.24) is 19.9 Å². The van der Waals surface area contributed by atoms with Crippen LogP contribution < -0.4 is 0 Å². The van der Waals surface area contributed by atoms with Crippen molar-refractivity contribution in [2.75, 3.05) is 0 Å². The van der Waals surface area contributed by atoms with Gasteiger partial charge in [0.05, 0.1) is 22.8 Å². The number of aromatic hydroxyl groups is 1. The van der Waals surface area contributed by atoms with Crippen LogP contribution in [0.5, 0.6) is 5.75 Å². The summed E-state index contributed by atoms with van der Waals surface area (Å²) in [5.41, 5.74) is 9.46. The second-order valence-corrected chi connectivity index (χ2v) is 7.64. The van der Waals surface area contributed by atoms with Crippen LogP contribution in [0.3, 0.4) is 0 Å². The lowest BCUT2D eigenvalue weighted by molar-refractivity contribution is 0.475. The molecule has 0 amide bonds. The zero-order valence-electron chi connectivity index (χ0n) is 17.3. The normalized spacial score (nSPS) is 11.9. The topological polar surface area (TPSA) is 77.6 Å². The van der Waals surface area contributed by atoms with E-state index in [-0.39, 0.29) is 30.6 Å². The summed E-state index contributed by atoms with van der Waals surface area (Å²) in [6.45, 7) is 0. The maximum atomic E-state index is 9.68. The fraction of sp³-hybridized carbons (Fsp3) is 0. The van der Waals surface area contributed by atoms with E-state index < -0.39 is 0 Å². The van der Waals surface area contributed by atoms with Crippen molar-refractivity contribution in [2.45, 2.75) is 0 Å². The summed E-state index contributed by atoms with van der Waals surface area (Å²) in [6.07, 6.45) is 6.09. The Hall–Kier alpha value is -3.80. The van der Waals surface area contributed by atoms with Gasteiger partial charge in [0, 0.05) is 27.6 Å². The van der Waals surface area contributed by atoms with Crippen LogP contribution in [0.2, 0.25) is 0 Å². The minimum absolute atomic E-state index is 0. The lowest BCUT2D eigenvalue weighted by atomic mass is 10.0. The molecule has 8 bridgehead atoms. The SMILES string of the molecule is Cl.Cl.Oc1ccc(C2=Cc3cc4ccc(cc5nc(cc6ccc(cc2n3)[nH]6)C=C5)[nH]4)cc1. The van der Waals surface area contributed by atoms with Gasteiger partial charge in [0.15, 0.2) is 0 Å². The van der Waals surface area contributed by atoms with Gasteiger partial charge in [-0.2, -0.15) is 0 Å². The number of phenols is 1. The van der Waals surface area contributed by atoms with E-state index in [0.717, 1.165) is 56.0 Å². The Morgan fingerprint density at radius 1 is 0.576 bits per heavy atom. The summed E-state index contributed by atoms with van der Waals surface area (Å²) in [4.78, 5) is 16.4. The van der Waals surface area contributed by atoms with Crippen molar-refractivity contribution in [3.05, 3.63) is 101 Å². The molecule has 7 heteroatoms. The van der Waals surface area contributed by atoms with Gasteiger partial charge >= 0.3 is 0 Å². The van der Waals surface area contributed by atoms with Gasteiger partial charge in [-0.3, -0.25) is 0 Å². The van der Waals surface area contributed by atoms with Gasteiger partial charge in [-0.1, -0.05) is 12.1 Å². The van der Waals surface area contributed by atoms with Crippen molar-refractivity contribution < 1.29 is 5.11 Å². The molecule has 0 atom stereocenters. The lowest BCUT2D eigenvalue weighted by Crippen LogP contribution is -1.84. The fourth-order valence-corrected chi connectivity index (χ4v) is 3.89. The van der Waals surface area contributed by atoms with Gasteiger partial charge in [0.25, 0.3) is 0 Å². The first kappa shape index (κ1) is 22.4. The van der Waals surface area contributed by atoms with Crippen LogP contribution in [0.4, 0.5) is 0 Å². The number of aromatic amines is 2. The molecular weight excluding hydrogens is 455 g/mol. The highest BCUT2D eigenvalue weighted by Crippen LogP contribution is 2.30. The van der Waals surface area contributed by atoms with Crippen LogP contribution in [-0.4, -0.2) is 25.0 Å². The van der Waals surface area contributed by atoms with Crippen LogP contribution in [0.15, 0.2) is 72.8 Å². The molecule has 0 spiro atoms. The van der Waals surface area contributed by atoms with Gasteiger partial charge < -0.3 is 15.1 Å². The van der Waals surface area contributed by atoms with E-state index in [9.17, 15) is 5.11 Å². The second-order valence-electron chi connectivity index (χ2n) is 7.64. The largest absolute Gasteiger partial charge is 0.508 e. The Morgan fingerprint density at radius 2 is 1.09 bits per heavy atom. The standard InChI is InChI=1S/C26H18N4O.2ClH/c31-24-9-1-16(2-10-24)25-14-23-13-21-6-5-19(28-21)11-17-3-4-18(27-17)12-20-7-8-22(29-20)15-26(25)30-23;;/h1-15,28-29,31H;2*1H. The molecule has 2 aliphatic heterocycles. The zero-order chi connectivity index (χ0) is 20.8. The maximum Gasteiger partial charge on any atom is 0.115 e. The van der Waals surface area contributed by atoms with Crippen LogP contribution >= 0.6 is 24.8 Å². The Labute approximate surface area is 202 Å². The molecule has 5 heterocycles. The van der Waals surface area contributed by atoms with E-state index in [1.54, 1.807) is 12.1 Å². The highest BCUT2D eigenvalue weighted by molar-refractivity contribution is 5.93. The summed E-state index contributed by atoms with van der Waals surface area (Å²) >= 11 is 0. The van der Waals surface area contributed by atoms with E-state index in [4.69, 9.17) is 4.98 Å². The summed E-state index contributed by atoms with van der Waals surface area (Å²) in [5.74, 6) is 0.245. The summed E-state index contributed by atoms with van der Waals surface area (Å²) in [7, 11) is 0. The molecule has 0 fully saturated rings. The Balaban J connectivity index is 0.00000130. The third kappa shape index (κ3) is 4.55.